The van der Waals surface area contributed by atoms with E-state index in [1.165, 1.54) is 0 Å². The van der Waals surface area contributed by atoms with Crippen LogP contribution in [0.1, 0.15) is 13.8 Å². The lowest BCUT2D eigenvalue weighted by Crippen LogP contribution is -2.38. The average Bonchev–Trinajstić information content (AvgIpc) is 2.05. The number of rotatable bonds is 6. The lowest BCUT2D eigenvalue weighted by Gasteiger charge is -2.18. The number of hydrogen-bond acceptors (Lipinski definition) is 2. The minimum atomic E-state index is 0.138. The lowest BCUT2D eigenvalue weighted by atomic mass is 10.4. The van der Waals surface area contributed by atoms with Gasteiger partial charge < -0.3 is 10.2 Å². The zero-order chi connectivity index (χ0) is 10.3. The van der Waals surface area contributed by atoms with Crippen molar-refractivity contribution < 1.29 is 4.79 Å². The third kappa shape index (κ3) is 5.82. The Balaban J connectivity index is 3.66. The van der Waals surface area contributed by atoms with Gasteiger partial charge in [-0.15, -0.1) is 0 Å². The maximum absolute atomic E-state index is 11.4. The zero-order valence-electron chi connectivity index (χ0n) is 8.27. The summed E-state index contributed by atoms with van der Waals surface area (Å²) in [5, 5.41) is 3.00. The Morgan fingerprint density at radius 3 is 2.31 bits per heavy atom. The average molecular weight is 249 g/mol. The molecule has 13 heavy (non-hydrogen) atoms. The van der Waals surface area contributed by atoms with Gasteiger partial charge in [-0.25, -0.2) is 0 Å². The monoisotopic (exact) mass is 248 g/mol. The molecule has 0 aliphatic heterocycles. The van der Waals surface area contributed by atoms with Crippen molar-refractivity contribution in [2.45, 2.75) is 13.8 Å². The number of nitrogens with zero attached hydrogens (tertiary/aromatic N) is 1. The molecule has 0 saturated carbocycles. The van der Waals surface area contributed by atoms with Crippen molar-refractivity contribution in [2.75, 3.05) is 26.2 Å². The molecule has 0 fully saturated rings. The highest BCUT2D eigenvalue weighted by molar-refractivity contribution is 9.11. The highest BCUT2D eigenvalue weighted by atomic mass is 79.9. The molecular formula is C9H17BrN2O. The summed E-state index contributed by atoms with van der Waals surface area (Å²) in [4.78, 5) is 13.2. The van der Waals surface area contributed by atoms with Crippen molar-refractivity contribution in [2.24, 2.45) is 0 Å². The maximum atomic E-state index is 11.4. The number of halogens is 1. The number of amides is 1. The van der Waals surface area contributed by atoms with Crippen LogP contribution < -0.4 is 5.32 Å². The molecule has 0 bridgehead atoms. The molecule has 1 N–H and O–H groups in total. The first-order valence-electron chi connectivity index (χ1n) is 4.43. The minimum absolute atomic E-state index is 0.138. The van der Waals surface area contributed by atoms with Gasteiger partial charge in [-0.05, 0) is 13.8 Å². The second-order valence-corrected chi connectivity index (χ2v) is 3.81. The van der Waals surface area contributed by atoms with E-state index in [-0.39, 0.29) is 5.91 Å². The van der Waals surface area contributed by atoms with Gasteiger partial charge in [0.25, 0.3) is 0 Å². The molecule has 3 nitrogen and oxygen atoms in total. The molecule has 0 rings (SSSR count). The Bertz CT molecular complexity index is 178. The normalized spacial score (nSPS) is 9.77. The number of nitrogens with one attached hydrogen (secondary N) is 1. The van der Waals surface area contributed by atoms with Crippen molar-refractivity contribution in [3.63, 3.8) is 0 Å². The van der Waals surface area contributed by atoms with Crippen LogP contribution in [0.2, 0.25) is 0 Å². The molecule has 0 radical (unpaired) electrons. The van der Waals surface area contributed by atoms with Crippen LogP contribution >= 0.6 is 15.9 Å². The molecule has 76 valence electrons. The predicted molar refractivity (Wildman–Crippen MR) is 58.9 cm³/mol. The van der Waals surface area contributed by atoms with E-state index in [0.29, 0.717) is 13.1 Å². The van der Waals surface area contributed by atoms with Crippen molar-refractivity contribution >= 4 is 21.8 Å². The van der Waals surface area contributed by atoms with Crippen LogP contribution in [-0.4, -0.2) is 37.0 Å². The summed E-state index contributed by atoms with van der Waals surface area (Å²) in [7, 11) is 0. The fraction of sp³-hybridized carbons (Fsp3) is 0.667. The summed E-state index contributed by atoms with van der Waals surface area (Å²) in [6.07, 6.45) is 0. The first-order chi connectivity index (χ1) is 6.11. The number of hydrogen-bond donors (Lipinski definition) is 1. The lowest BCUT2D eigenvalue weighted by molar-refractivity contribution is -0.129. The Kier molecular flexibility index (Phi) is 6.90. The first kappa shape index (κ1) is 12.7. The molecule has 0 aliphatic carbocycles. The van der Waals surface area contributed by atoms with E-state index in [4.69, 9.17) is 0 Å². The van der Waals surface area contributed by atoms with Crippen molar-refractivity contribution in [1.82, 2.24) is 10.2 Å². The number of likely N-dealkylation sites (N-methyl/N-ethyl adjacent to an activating group) is 1. The molecule has 0 aromatic heterocycles. The van der Waals surface area contributed by atoms with Gasteiger partial charge in [0.2, 0.25) is 5.91 Å². The summed E-state index contributed by atoms with van der Waals surface area (Å²) in [6, 6.07) is 0. The Hall–Kier alpha value is -0.350. The summed E-state index contributed by atoms with van der Waals surface area (Å²) in [5.41, 5.74) is 0. The molecule has 4 heteroatoms. The Morgan fingerprint density at radius 1 is 1.38 bits per heavy atom. The van der Waals surface area contributed by atoms with Gasteiger partial charge in [0, 0.05) is 24.1 Å². The second-order valence-electron chi connectivity index (χ2n) is 2.69. The van der Waals surface area contributed by atoms with Crippen LogP contribution in [0.25, 0.3) is 0 Å². The highest BCUT2D eigenvalue weighted by Crippen LogP contribution is 1.96. The molecular weight excluding hydrogens is 232 g/mol. The fourth-order valence-corrected chi connectivity index (χ4v) is 1.19. The van der Waals surface area contributed by atoms with Gasteiger partial charge in [-0.2, -0.15) is 0 Å². The smallest absolute Gasteiger partial charge is 0.236 e. The summed E-state index contributed by atoms with van der Waals surface area (Å²) >= 11 is 3.21. The van der Waals surface area contributed by atoms with Gasteiger partial charge in [-0.3, -0.25) is 4.79 Å². The molecule has 1 amide bonds. The third-order valence-corrected chi connectivity index (χ3v) is 1.99. The highest BCUT2D eigenvalue weighted by Gasteiger charge is 2.07. The number of carbonyl (C=O) groups is 1. The van der Waals surface area contributed by atoms with Crippen LogP contribution in [0.15, 0.2) is 11.1 Å². The molecule has 0 atom stereocenters. The van der Waals surface area contributed by atoms with Gasteiger partial charge >= 0.3 is 0 Å². The van der Waals surface area contributed by atoms with Gasteiger partial charge in [-0.1, -0.05) is 22.5 Å². The van der Waals surface area contributed by atoms with Crippen LogP contribution in [0.3, 0.4) is 0 Å². The zero-order valence-corrected chi connectivity index (χ0v) is 9.85. The molecule has 0 heterocycles. The first-order valence-corrected chi connectivity index (χ1v) is 5.22. The largest absolute Gasteiger partial charge is 0.342 e. The van der Waals surface area contributed by atoms with E-state index in [1.54, 1.807) is 4.90 Å². The van der Waals surface area contributed by atoms with E-state index in [1.807, 2.05) is 13.8 Å². The van der Waals surface area contributed by atoms with Crippen LogP contribution in [0.5, 0.6) is 0 Å². The van der Waals surface area contributed by atoms with Crippen molar-refractivity contribution in [1.29, 1.82) is 0 Å². The second kappa shape index (κ2) is 7.09. The molecule has 0 aromatic carbocycles. The molecule has 0 aromatic rings. The van der Waals surface area contributed by atoms with Gasteiger partial charge in [0.1, 0.15) is 0 Å². The summed E-state index contributed by atoms with van der Waals surface area (Å²) in [5.74, 6) is 0.138. The van der Waals surface area contributed by atoms with E-state index in [2.05, 4.69) is 27.8 Å². The minimum Gasteiger partial charge on any atom is -0.342 e. The SMILES string of the molecule is C=C(Br)CNCC(=O)N(CC)CC. The Labute approximate surface area is 88.3 Å². The van der Waals surface area contributed by atoms with Crippen LogP contribution in [0, 0.1) is 0 Å². The van der Waals surface area contributed by atoms with E-state index < -0.39 is 0 Å². The van der Waals surface area contributed by atoms with Gasteiger partial charge in [0.05, 0.1) is 6.54 Å². The molecule has 0 aliphatic rings. The molecule has 0 unspecified atom stereocenters. The van der Waals surface area contributed by atoms with Crippen molar-refractivity contribution in [3.8, 4) is 0 Å². The van der Waals surface area contributed by atoms with Crippen LogP contribution in [-0.2, 0) is 4.79 Å². The quantitative estimate of drug-likeness (QED) is 0.770. The van der Waals surface area contributed by atoms with E-state index in [9.17, 15) is 4.79 Å². The topological polar surface area (TPSA) is 32.3 Å². The standard InChI is InChI=1S/C9H17BrN2O/c1-4-12(5-2)9(13)7-11-6-8(3)10/h11H,3-7H2,1-2H3. The number of carbonyl (C=O) groups excluding carboxylic acids is 1. The maximum Gasteiger partial charge on any atom is 0.236 e. The Morgan fingerprint density at radius 2 is 1.92 bits per heavy atom. The summed E-state index contributed by atoms with van der Waals surface area (Å²) in [6.45, 7) is 10.2. The van der Waals surface area contributed by atoms with E-state index in [0.717, 1.165) is 17.6 Å². The predicted octanol–water partition coefficient (Wildman–Crippen LogP) is 1.35. The van der Waals surface area contributed by atoms with Crippen molar-refractivity contribution in [3.05, 3.63) is 11.1 Å². The van der Waals surface area contributed by atoms with Crippen LogP contribution in [0.4, 0.5) is 0 Å². The van der Waals surface area contributed by atoms with Gasteiger partial charge in [0.15, 0.2) is 0 Å². The van der Waals surface area contributed by atoms with E-state index >= 15 is 0 Å². The molecule has 0 spiro atoms. The third-order valence-electron chi connectivity index (χ3n) is 1.71. The summed E-state index contributed by atoms with van der Waals surface area (Å²) < 4.78 is 0.861. The molecule has 0 saturated heterocycles. The fourth-order valence-electron chi connectivity index (χ4n) is 0.993.